The highest BCUT2D eigenvalue weighted by Crippen LogP contribution is 2.58. The van der Waals surface area contributed by atoms with E-state index in [4.69, 9.17) is 14.2 Å². The summed E-state index contributed by atoms with van der Waals surface area (Å²) in [6.07, 6.45) is 0. The van der Waals surface area contributed by atoms with Crippen LogP contribution in [0.2, 0.25) is 0 Å². The van der Waals surface area contributed by atoms with E-state index in [9.17, 15) is 0 Å². The maximum Gasteiger partial charge on any atom is 0.293 e. The van der Waals surface area contributed by atoms with E-state index in [1.54, 1.807) is 0 Å². The van der Waals surface area contributed by atoms with E-state index in [2.05, 4.69) is 249 Å². The van der Waals surface area contributed by atoms with Crippen molar-refractivity contribution in [1.29, 1.82) is 0 Å². The molecule has 6 heterocycles. The highest BCUT2D eigenvalue weighted by atomic mass is 16.5. The monoisotopic (exact) mass is 1020 g/mol. The Morgan fingerprint density at radius 2 is 0.595 bits per heavy atom. The minimum Gasteiger partial charge on any atom is -0.435 e. The first-order valence-corrected chi connectivity index (χ1v) is 27.9. The molecule has 19 rings (SSSR count). The average Bonchev–Trinajstić information content (AvgIpc) is 4.06. The van der Waals surface area contributed by atoms with Crippen LogP contribution < -0.4 is 27.9 Å². The number of rotatable bonds is 0. The molecule has 3 aliphatic heterocycles. The lowest BCUT2D eigenvalue weighted by Crippen LogP contribution is -2.42. The SMILES string of the molecule is CC1(C)c2cc3cc4ccccc4cc3[n+]3c2-c2c(cc4ccccc4c21)OC3.CC1(C)c2cc3ccccc3[n+]3c2-c2c(cc4ccccc4c21)OC3.CC1(C)c2cc3ccccc3[n+]3c2-c2c(cc4ccccc4c21)OC3. The molecule has 0 amide bonds. The van der Waals surface area contributed by atoms with Crippen molar-refractivity contribution in [1.82, 2.24) is 0 Å². The van der Waals surface area contributed by atoms with Gasteiger partial charge in [0.2, 0.25) is 33.6 Å². The molecule has 79 heavy (non-hydrogen) atoms. The molecule has 0 radical (unpaired) electrons. The van der Waals surface area contributed by atoms with Gasteiger partial charge in [0.25, 0.3) is 20.2 Å². The molecule has 378 valence electrons. The molecule has 3 aliphatic carbocycles. The van der Waals surface area contributed by atoms with Crippen molar-refractivity contribution >= 4 is 75.8 Å². The average molecular weight is 1020 g/mol. The van der Waals surface area contributed by atoms with E-state index in [0.29, 0.717) is 20.2 Å². The molecule has 13 aromatic rings. The first-order chi connectivity index (χ1) is 38.4. The normalized spacial score (nSPS) is 15.9. The Hall–Kier alpha value is -9.13. The molecule has 6 heteroatoms. The van der Waals surface area contributed by atoms with Crippen LogP contribution in [0.25, 0.3) is 110 Å². The standard InChI is InChI=1S/C27H20NO.2C23H18NO/c1-27(2)21-12-19-11-16-7-3-4-8-17(16)13-22(19)28-15-29-23-14-18-9-5-6-10-20(18)25(27)24(23)26(21)28;2*1-23(2)17-11-15-8-4-6-10-18(15)24-13-25-19-12-14-7-3-5-9-16(14)21(23)20(19)22(17)24/h3-14H,15H2,1-2H3;2*3-12H,13H2,1-2H3/q3*+1. The Morgan fingerprint density at radius 3 is 0.987 bits per heavy atom. The zero-order chi connectivity index (χ0) is 52.8. The third-order valence-corrected chi connectivity index (χ3v) is 18.8. The molecule has 0 fully saturated rings. The van der Waals surface area contributed by atoms with E-state index in [0.717, 1.165) is 17.2 Å². The van der Waals surface area contributed by atoms with Gasteiger partial charge in [0.15, 0.2) is 0 Å². The molecule has 0 spiro atoms. The number of pyridine rings is 3. The topological polar surface area (TPSA) is 39.3 Å². The number of aromatic nitrogens is 3. The number of hydrogen-bond donors (Lipinski definition) is 0. The van der Waals surface area contributed by atoms with Crippen LogP contribution in [-0.4, -0.2) is 0 Å². The second-order valence-corrected chi connectivity index (χ2v) is 24.1. The largest absolute Gasteiger partial charge is 0.435 e. The van der Waals surface area contributed by atoms with Gasteiger partial charge in [-0.25, -0.2) is 0 Å². The molecule has 3 aromatic heterocycles. The Balaban J connectivity index is 0.0000000956. The van der Waals surface area contributed by atoms with Crippen LogP contribution in [0.1, 0.15) is 74.9 Å². The fourth-order valence-electron chi connectivity index (χ4n) is 15.2. The van der Waals surface area contributed by atoms with Gasteiger partial charge < -0.3 is 14.2 Å². The number of hydrogen-bond acceptors (Lipinski definition) is 3. The molecule has 0 saturated heterocycles. The summed E-state index contributed by atoms with van der Waals surface area (Å²) in [5, 5.41) is 14.2. The first-order valence-electron chi connectivity index (χ1n) is 27.9. The van der Waals surface area contributed by atoms with Crippen molar-refractivity contribution < 1.29 is 27.9 Å². The van der Waals surface area contributed by atoms with E-state index in [1.807, 2.05) is 0 Å². The summed E-state index contributed by atoms with van der Waals surface area (Å²) < 4.78 is 25.9. The van der Waals surface area contributed by atoms with Crippen LogP contribution in [0.15, 0.2) is 194 Å². The predicted molar refractivity (Wildman–Crippen MR) is 317 cm³/mol. The Labute approximate surface area is 457 Å². The van der Waals surface area contributed by atoms with Gasteiger partial charge in [0.05, 0.1) is 16.7 Å². The molecule has 10 aromatic carbocycles. The molecule has 0 atom stereocenters. The Kier molecular flexibility index (Phi) is 8.84. The molecule has 0 unspecified atom stereocenters. The third kappa shape index (κ3) is 5.93. The fourth-order valence-corrected chi connectivity index (χ4v) is 15.2. The number of para-hydroxylation sites is 2. The van der Waals surface area contributed by atoms with Crippen molar-refractivity contribution in [2.45, 2.75) is 78.0 Å². The quantitative estimate of drug-likeness (QED) is 0.112. The summed E-state index contributed by atoms with van der Waals surface area (Å²) in [6.45, 7) is 15.8. The van der Waals surface area contributed by atoms with E-state index >= 15 is 0 Å². The van der Waals surface area contributed by atoms with Gasteiger partial charge in [-0.15, -0.1) is 0 Å². The molecular formula is C73H56N3O3+3. The van der Waals surface area contributed by atoms with Gasteiger partial charge in [0.1, 0.15) is 17.2 Å². The predicted octanol–water partition coefficient (Wildman–Crippen LogP) is 16.0. The van der Waals surface area contributed by atoms with Crippen LogP contribution in [-0.2, 0) is 36.4 Å². The second-order valence-electron chi connectivity index (χ2n) is 24.1. The Bertz CT molecular complexity index is 4760. The number of nitrogens with zero attached hydrogens (tertiary/aromatic N) is 3. The van der Waals surface area contributed by atoms with Crippen LogP contribution in [0, 0.1) is 0 Å². The van der Waals surface area contributed by atoms with E-state index in [1.165, 1.54) is 143 Å². The van der Waals surface area contributed by atoms with Crippen molar-refractivity contribution in [2.24, 2.45) is 0 Å². The summed E-state index contributed by atoms with van der Waals surface area (Å²) in [5.74, 6) is 3.07. The molecule has 0 saturated carbocycles. The van der Waals surface area contributed by atoms with Crippen molar-refractivity contribution in [3.8, 4) is 51.0 Å². The minimum atomic E-state index is -0.0738. The summed E-state index contributed by atoms with van der Waals surface area (Å²) in [4.78, 5) is 0. The summed E-state index contributed by atoms with van der Waals surface area (Å²) in [6, 6.07) is 70.3. The maximum absolute atomic E-state index is 6.35. The molecule has 0 N–H and O–H groups in total. The number of benzene rings is 10. The molecule has 6 aliphatic rings. The fraction of sp³-hybridized carbons (Fsp3) is 0.164. The molecular weight excluding hydrogens is 967 g/mol. The van der Waals surface area contributed by atoms with Gasteiger partial charge in [0, 0.05) is 67.3 Å². The van der Waals surface area contributed by atoms with Gasteiger partial charge in [-0.2, -0.15) is 13.7 Å². The van der Waals surface area contributed by atoms with Crippen LogP contribution in [0.3, 0.4) is 0 Å². The van der Waals surface area contributed by atoms with Crippen molar-refractivity contribution in [2.75, 3.05) is 0 Å². The molecule has 6 nitrogen and oxygen atoms in total. The Morgan fingerprint density at radius 1 is 0.291 bits per heavy atom. The number of fused-ring (bicyclic) bond motifs is 13. The first kappa shape index (κ1) is 44.9. The van der Waals surface area contributed by atoms with Crippen molar-refractivity contribution in [3.63, 3.8) is 0 Å². The maximum atomic E-state index is 6.35. The minimum absolute atomic E-state index is 0.0419. The summed E-state index contributed by atoms with van der Waals surface area (Å²) in [5.41, 5.74) is 19.8. The van der Waals surface area contributed by atoms with E-state index < -0.39 is 0 Å². The summed E-state index contributed by atoms with van der Waals surface area (Å²) >= 11 is 0. The second kappa shape index (κ2) is 15.5. The lowest BCUT2D eigenvalue weighted by Gasteiger charge is -2.22. The van der Waals surface area contributed by atoms with Crippen molar-refractivity contribution in [3.05, 3.63) is 228 Å². The van der Waals surface area contributed by atoms with Gasteiger partial charge in [-0.3, -0.25) is 0 Å². The lowest BCUT2D eigenvalue weighted by molar-refractivity contribution is -0.693. The zero-order valence-electron chi connectivity index (χ0n) is 45.2. The zero-order valence-corrected chi connectivity index (χ0v) is 45.2. The smallest absolute Gasteiger partial charge is 0.293 e. The van der Waals surface area contributed by atoms with E-state index in [-0.39, 0.29) is 16.2 Å². The van der Waals surface area contributed by atoms with Crippen LogP contribution in [0.5, 0.6) is 17.2 Å². The third-order valence-electron chi connectivity index (χ3n) is 18.8. The highest BCUT2D eigenvalue weighted by molar-refractivity contribution is 6.04. The summed E-state index contributed by atoms with van der Waals surface area (Å²) in [7, 11) is 0. The van der Waals surface area contributed by atoms with Gasteiger partial charge in [-0.05, 0) is 114 Å². The van der Waals surface area contributed by atoms with Gasteiger partial charge >= 0.3 is 0 Å². The van der Waals surface area contributed by atoms with Gasteiger partial charge in [-0.1, -0.05) is 163 Å². The van der Waals surface area contributed by atoms with Crippen LogP contribution in [0.4, 0.5) is 0 Å². The lowest BCUT2D eigenvalue weighted by atomic mass is 9.80. The number of ether oxygens (including phenoxy) is 3. The highest BCUT2D eigenvalue weighted by Gasteiger charge is 2.50. The molecule has 0 bridgehead atoms. The van der Waals surface area contributed by atoms with Crippen LogP contribution >= 0.6 is 0 Å².